The first-order chi connectivity index (χ1) is 12.2. The zero-order valence-corrected chi connectivity index (χ0v) is 14.8. The van der Waals surface area contributed by atoms with Gasteiger partial charge in [-0.2, -0.15) is 0 Å². The molecule has 128 valence electrons. The molecule has 25 heavy (non-hydrogen) atoms. The normalized spacial score (nSPS) is 10.5. The SMILES string of the molecule is COc1cccnc1-n1ccnc1SCc1ccccc1NC(C)=O. The third-order valence-electron chi connectivity index (χ3n) is 3.49. The van der Waals surface area contributed by atoms with Gasteiger partial charge in [0.05, 0.1) is 7.11 Å². The molecule has 0 bridgehead atoms. The molecule has 1 aromatic carbocycles. The van der Waals surface area contributed by atoms with Gasteiger partial charge in [0.2, 0.25) is 5.91 Å². The van der Waals surface area contributed by atoms with Gasteiger partial charge in [-0.1, -0.05) is 30.0 Å². The Bertz CT molecular complexity index is 879. The minimum atomic E-state index is -0.0860. The zero-order chi connectivity index (χ0) is 17.6. The van der Waals surface area contributed by atoms with Crippen LogP contribution in [0.4, 0.5) is 5.69 Å². The number of nitrogens with one attached hydrogen (secondary N) is 1. The molecule has 0 atom stereocenters. The van der Waals surface area contributed by atoms with Crippen LogP contribution < -0.4 is 10.1 Å². The van der Waals surface area contributed by atoms with Crippen LogP contribution in [0.5, 0.6) is 5.75 Å². The van der Waals surface area contributed by atoms with Crippen molar-refractivity contribution in [3.8, 4) is 11.6 Å². The molecular formula is C18H18N4O2S. The van der Waals surface area contributed by atoms with Gasteiger partial charge in [0.1, 0.15) is 0 Å². The molecule has 0 aliphatic heterocycles. The molecule has 3 rings (SSSR count). The summed E-state index contributed by atoms with van der Waals surface area (Å²) in [6, 6.07) is 11.4. The number of rotatable bonds is 6. The monoisotopic (exact) mass is 354 g/mol. The Labute approximate surface area is 150 Å². The fourth-order valence-electron chi connectivity index (χ4n) is 2.38. The average Bonchev–Trinajstić information content (AvgIpc) is 3.09. The van der Waals surface area contributed by atoms with Gasteiger partial charge in [-0.15, -0.1) is 0 Å². The lowest BCUT2D eigenvalue weighted by atomic mass is 10.2. The number of hydrogen-bond acceptors (Lipinski definition) is 5. The molecule has 3 aromatic rings. The second kappa shape index (κ2) is 7.85. The predicted octanol–water partition coefficient (Wildman–Crippen LogP) is 3.53. The molecule has 6 nitrogen and oxygen atoms in total. The van der Waals surface area contributed by atoms with Crippen LogP contribution in [-0.2, 0) is 10.5 Å². The Morgan fingerprint density at radius 1 is 1.20 bits per heavy atom. The predicted molar refractivity (Wildman–Crippen MR) is 98.2 cm³/mol. The highest BCUT2D eigenvalue weighted by atomic mass is 32.2. The average molecular weight is 354 g/mol. The number of pyridine rings is 1. The molecule has 2 aromatic heterocycles. The standard InChI is InChI=1S/C18H18N4O2S/c1-13(23)21-15-7-4-3-6-14(15)12-25-18-20-10-11-22(18)17-16(24-2)8-5-9-19-17/h3-11H,12H2,1-2H3,(H,21,23). The summed E-state index contributed by atoms with van der Waals surface area (Å²) >= 11 is 1.57. The number of ether oxygens (including phenoxy) is 1. The van der Waals surface area contributed by atoms with Crippen molar-refractivity contribution < 1.29 is 9.53 Å². The minimum Gasteiger partial charge on any atom is -0.493 e. The highest BCUT2D eigenvalue weighted by Crippen LogP contribution is 2.29. The van der Waals surface area contributed by atoms with E-state index < -0.39 is 0 Å². The number of thioether (sulfide) groups is 1. The number of hydrogen-bond donors (Lipinski definition) is 1. The van der Waals surface area contributed by atoms with Crippen molar-refractivity contribution in [2.24, 2.45) is 0 Å². The molecule has 1 amide bonds. The number of benzene rings is 1. The van der Waals surface area contributed by atoms with Crippen LogP contribution in [-0.4, -0.2) is 27.6 Å². The van der Waals surface area contributed by atoms with E-state index in [0.29, 0.717) is 17.3 Å². The molecular weight excluding hydrogens is 336 g/mol. The maximum atomic E-state index is 11.4. The summed E-state index contributed by atoms with van der Waals surface area (Å²) in [5, 5.41) is 3.66. The van der Waals surface area contributed by atoms with Crippen LogP contribution in [0.2, 0.25) is 0 Å². The number of carbonyl (C=O) groups excluding carboxylic acids is 1. The van der Waals surface area contributed by atoms with Gasteiger partial charge in [0.15, 0.2) is 16.7 Å². The van der Waals surface area contributed by atoms with Crippen molar-refractivity contribution in [1.29, 1.82) is 0 Å². The number of amides is 1. The summed E-state index contributed by atoms with van der Waals surface area (Å²) in [4.78, 5) is 20.2. The van der Waals surface area contributed by atoms with Crippen molar-refractivity contribution in [2.45, 2.75) is 17.8 Å². The van der Waals surface area contributed by atoms with Crippen molar-refractivity contribution in [1.82, 2.24) is 14.5 Å². The quantitative estimate of drug-likeness (QED) is 0.686. The van der Waals surface area contributed by atoms with E-state index in [4.69, 9.17) is 4.74 Å². The fourth-order valence-corrected chi connectivity index (χ4v) is 3.34. The first-order valence-corrected chi connectivity index (χ1v) is 8.68. The van der Waals surface area contributed by atoms with Crippen molar-refractivity contribution in [3.05, 3.63) is 60.6 Å². The van der Waals surface area contributed by atoms with Gasteiger partial charge in [-0.3, -0.25) is 9.36 Å². The molecule has 0 spiro atoms. The topological polar surface area (TPSA) is 69.0 Å². The van der Waals surface area contributed by atoms with E-state index in [1.165, 1.54) is 6.92 Å². The van der Waals surface area contributed by atoms with Gasteiger partial charge in [0, 0.05) is 37.0 Å². The largest absolute Gasteiger partial charge is 0.493 e. The van der Waals surface area contributed by atoms with E-state index in [0.717, 1.165) is 16.4 Å². The van der Waals surface area contributed by atoms with Gasteiger partial charge < -0.3 is 10.1 Å². The molecule has 0 aliphatic carbocycles. The van der Waals surface area contributed by atoms with E-state index in [1.807, 2.05) is 47.2 Å². The molecule has 0 unspecified atom stereocenters. The molecule has 7 heteroatoms. The number of imidazole rings is 1. The van der Waals surface area contributed by atoms with Crippen LogP contribution in [0.3, 0.4) is 0 Å². The Morgan fingerprint density at radius 2 is 2.04 bits per heavy atom. The third kappa shape index (κ3) is 4.00. The molecule has 2 heterocycles. The smallest absolute Gasteiger partial charge is 0.221 e. The van der Waals surface area contributed by atoms with Crippen LogP contribution in [0.1, 0.15) is 12.5 Å². The van der Waals surface area contributed by atoms with Gasteiger partial charge >= 0.3 is 0 Å². The lowest BCUT2D eigenvalue weighted by Crippen LogP contribution is -2.07. The lowest BCUT2D eigenvalue weighted by Gasteiger charge is -2.12. The number of para-hydroxylation sites is 1. The first-order valence-electron chi connectivity index (χ1n) is 7.70. The van der Waals surface area contributed by atoms with Crippen LogP contribution >= 0.6 is 11.8 Å². The lowest BCUT2D eigenvalue weighted by molar-refractivity contribution is -0.114. The molecule has 0 saturated carbocycles. The maximum Gasteiger partial charge on any atom is 0.221 e. The highest BCUT2D eigenvalue weighted by molar-refractivity contribution is 7.98. The van der Waals surface area contributed by atoms with Crippen molar-refractivity contribution in [2.75, 3.05) is 12.4 Å². The third-order valence-corrected chi connectivity index (χ3v) is 4.51. The fraction of sp³-hybridized carbons (Fsp3) is 0.167. The summed E-state index contributed by atoms with van der Waals surface area (Å²) in [7, 11) is 1.62. The Morgan fingerprint density at radius 3 is 2.84 bits per heavy atom. The number of nitrogens with zero attached hydrogens (tertiary/aromatic N) is 3. The minimum absolute atomic E-state index is 0.0860. The van der Waals surface area contributed by atoms with Crippen LogP contribution in [0, 0.1) is 0 Å². The Balaban J connectivity index is 1.82. The van der Waals surface area contributed by atoms with E-state index in [2.05, 4.69) is 15.3 Å². The number of methoxy groups -OCH3 is 1. The van der Waals surface area contributed by atoms with Crippen LogP contribution in [0.15, 0.2) is 60.1 Å². The Hall–Kier alpha value is -2.80. The molecule has 0 aliphatic rings. The number of anilines is 1. The summed E-state index contributed by atoms with van der Waals surface area (Å²) in [5.41, 5.74) is 1.85. The van der Waals surface area contributed by atoms with Crippen LogP contribution in [0.25, 0.3) is 5.82 Å². The van der Waals surface area contributed by atoms with E-state index in [1.54, 1.807) is 31.3 Å². The van der Waals surface area contributed by atoms with Gasteiger partial charge in [-0.05, 0) is 23.8 Å². The molecule has 1 N–H and O–H groups in total. The Kier molecular flexibility index (Phi) is 5.35. The van der Waals surface area contributed by atoms with E-state index in [9.17, 15) is 4.79 Å². The van der Waals surface area contributed by atoms with Gasteiger partial charge in [0.25, 0.3) is 0 Å². The number of carbonyl (C=O) groups is 1. The second-order valence-electron chi connectivity index (χ2n) is 5.24. The van der Waals surface area contributed by atoms with Crippen molar-refractivity contribution >= 4 is 23.4 Å². The number of aromatic nitrogens is 3. The second-order valence-corrected chi connectivity index (χ2v) is 6.18. The molecule has 0 fully saturated rings. The van der Waals surface area contributed by atoms with E-state index >= 15 is 0 Å². The zero-order valence-electron chi connectivity index (χ0n) is 14.0. The maximum absolute atomic E-state index is 11.4. The van der Waals surface area contributed by atoms with E-state index in [-0.39, 0.29) is 5.91 Å². The molecule has 0 saturated heterocycles. The van der Waals surface area contributed by atoms with Crippen molar-refractivity contribution in [3.63, 3.8) is 0 Å². The molecule has 0 radical (unpaired) electrons. The summed E-state index contributed by atoms with van der Waals surface area (Å²) in [5.74, 6) is 1.96. The van der Waals surface area contributed by atoms with Gasteiger partial charge in [-0.25, -0.2) is 9.97 Å². The summed E-state index contributed by atoms with van der Waals surface area (Å²) in [6.07, 6.45) is 5.31. The summed E-state index contributed by atoms with van der Waals surface area (Å²) < 4.78 is 7.28. The highest BCUT2D eigenvalue weighted by Gasteiger charge is 2.12. The summed E-state index contributed by atoms with van der Waals surface area (Å²) in [6.45, 7) is 1.50. The first kappa shape index (κ1) is 17.0.